The van der Waals surface area contributed by atoms with E-state index in [2.05, 4.69) is 4.99 Å². The number of hydrogen-bond donors (Lipinski definition) is 0. The third-order valence-electron chi connectivity index (χ3n) is 4.72. The third-order valence-corrected chi connectivity index (χ3v) is 4.72. The largest absolute Gasteiger partial charge is 0.377 e. The van der Waals surface area contributed by atoms with Crippen molar-refractivity contribution in [2.45, 2.75) is 26.0 Å². The summed E-state index contributed by atoms with van der Waals surface area (Å²) < 4.78 is 22.2. The van der Waals surface area contributed by atoms with Gasteiger partial charge >= 0.3 is 5.69 Å². The molecular weight excluding hydrogens is 387 g/mol. The topological polar surface area (TPSA) is 68.8 Å². The lowest BCUT2D eigenvalue weighted by atomic mass is 10.1. The molecule has 0 fully saturated rings. The number of aromatic nitrogens is 2. The van der Waals surface area contributed by atoms with Crippen LogP contribution in [0.4, 0.5) is 10.2 Å². The number of nitrogens with zero attached hydrogens (tertiary/aromatic N) is 4. The number of aliphatic imine (C=N–C) groups is 1. The molecule has 0 bridgehead atoms. The zero-order valence-electron chi connectivity index (χ0n) is 17.5. The molecule has 0 radical (unpaired) electrons. The Kier molecular flexibility index (Phi) is 6.47. The van der Waals surface area contributed by atoms with Gasteiger partial charge in [-0.05, 0) is 36.6 Å². The quantitative estimate of drug-likeness (QED) is 0.540. The highest BCUT2D eigenvalue weighted by Crippen LogP contribution is 2.19. The normalized spacial score (nSPS) is 16.2. The number of allylic oxidation sites excluding steroid dienone is 2. The zero-order chi connectivity index (χ0) is 21.8. The fourth-order valence-electron chi connectivity index (χ4n) is 3.12. The van der Waals surface area contributed by atoms with Gasteiger partial charge in [-0.3, -0.25) is 9.36 Å². The van der Waals surface area contributed by atoms with Crippen molar-refractivity contribution >= 4 is 12.2 Å². The SMILES string of the molecule is COC1C=CC(Cn2c(=O)cc(N=CN(C)C)n(-c3ccc(C)cc3F)c2=O)=CC1. The lowest BCUT2D eigenvalue weighted by Gasteiger charge is -2.17. The molecule has 0 N–H and O–H groups in total. The number of rotatable bonds is 6. The molecule has 8 heteroatoms. The Bertz CT molecular complexity index is 1140. The van der Waals surface area contributed by atoms with E-state index in [9.17, 15) is 14.0 Å². The summed E-state index contributed by atoms with van der Waals surface area (Å²) in [6.07, 6.45) is 7.73. The average molecular weight is 412 g/mol. The molecule has 1 aromatic heterocycles. The van der Waals surface area contributed by atoms with Crippen molar-refractivity contribution in [2.24, 2.45) is 4.99 Å². The van der Waals surface area contributed by atoms with Crippen molar-refractivity contribution in [3.8, 4) is 5.69 Å². The first-order valence-electron chi connectivity index (χ1n) is 9.54. The molecule has 3 rings (SSSR count). The first-order valence-corrected chi connectivity index (χ1v) is 9.54. The Morgan fingerprint density at radius 1 is 1.30 bits per heavy atom. The summed E-state index contributed by atoms with van der Waals surface area (Å²) in [6, 6.07) is 5.80. The summed E-state index contributed by atoms with van der Waals surface area (Å²) in [5, 5.41) is 0. The molecule has 158 valence electrons. The lowest BCUT2D eigenvalue weighted by molar-refractivity contribution is 0.142. The smallest absolute Gasteiger partial charge is 0.337 e. The van der Waals surface area contributed by atoms with E-state index in [4.69, 9.17) is 4.74 Å². The van der Waals surface area contributed by atoms with Crippen LogP contribution < -0.4 is 11.2 Å². The van der Waals surface area contributed by atoms with Gasteiger partial charge in [0.2, 0.25) is 0 Å². The standard InChI is InChI=1S/C22H25FN4O3/c1-15-5-10-19(18(23)11-15)27-20(24-14-25(2)3)12-21(28)26(22(27)29)13-16-6-8-17(30-4)9-7-16/h5-8,10-12,14,17H,9,13H2,1-4H3. The van der Waals surface area contributed by atoms with Crippen molar-refractivity contribution in [1.29, 1.82) is 0 Å². The second-order valence-electron chi connectivity index (χ2n) is 7.36. The van der Waals surface area contributed by atoms with Crippen LogP contribution in [0.1, 0.15) is 12.0 Å². The molecule has 1 atom stereocenters. The monoisotopic (exact) mass is 412 g/mol. The zero-order valence-corrected chi connectivity index (χ0v) is 17.5. The van der Waals surface area contributed by atoms with Crippen LogP contribution in [0.25, 0.3) is 5.69 Å². The molecule has 0 amide bonds. The highest BCUT2D eigenvalue weighted by atomic mass is 19.1. The van der Waals surface area contributed by atoms with E-state index in [1.807, 2.05) is 18.2 Å². The molecule has 30 heavy (non-hydrogen) atoms. The van der Waals surface area contributed by atoms with Gasteiger partial charge in [0.25, 0.3) is 5.56 Å². The fraction of sp³-hybridized carbons (Fsp3) is 0.318. The van der Waals surface area contributed by atoms with Crippen molar-refractivity contribution in [3.05, 3.63) is 80.3 Å². The van der Waals surface area contributed by atoms with Crippen molar-refractivity contribution in [2.75, 3.05) is 21.2 Å². The van der Waals surface area contributed by atoms with E-state index in [1.165, 1.54) is 24.5 Å². The lowest BCUT2D eigenvalue weighted by Crippen LogP contribution is -2.39. The molecule has 1 aromatic carbocycles. The Hall–Kier alpha value is -3.26. The first-order chi connectivity index (χ1) is 14.3. The molecule has 2 aromatic rings. The summed E-state index contributed by atoms with van der Waals surface area (Å²) >= 11 is 0. The number of aryl methyl sites for hydroxylation is 1. The maximum Gasteiger partial charge on any atom is 0.337 e. The van der Waals surface area contributed by atoms with Gasteiger partial charge in [0.05, 0.1) is 24.7 Å². The molecule has 1 unspecified atom stereocenters. The van der Waals surface area contributed by atoms with Gasteiger partial charge in [0.15, 0.2) is 0 Å². The van der Waals surface area contributed by atoms with Gasteiger partial charge in [-0.15, -0.1) is 0 Å². The maximum atomic E-state index is 14.7. The van der Waals surface area contributed by atoms with Crippen LogP contribution in [0, 0.1) is 12.7 Å². The van der Waals surface area contributed by atoms with E-state index in [1.54, 1.807) is 39.1 Å². The average Bonchev–Trinajstić information content (AvgIpc) is 2.71. The molecule has 0 spiro atoms. The highest BCUT2D eigenvalue weighted by Gasteiger charge is 2.17. The minimum absolute atomic E-state index is 0.0217. The van der Waals surface area contributed by atoms with Crippen LogP contribution in [-0.2, 0) is 11.3 Å². The maximum absolute atomic E-state index is 14.7. The number of hydrogen-bond acceptors (Lipinski definition) is 4. The first kappa shape index (κ1) is 21.4. The molecule has 0 aliphatic heterocycles. The summed E-state index contributed by atoms with van der Waals surface area (Å²) in [7, 11) is 5.14. The number of ether oxygens (including phenoxy) is 1. The molecular formula is C22H25FN4O3. The van der Waals surface area contributed by atoms with Crippen LogP contribution in [0.5, 0.6) is 0 Å². The molecule has 7 nitrogen and oxygen atoms in total. The molecule has 1 aliphatic carbocycles. The second kappa shape index (κ2) is 9.04. The molecule has 0 saturated carbocycles. The minimum Gasteiger partial charge on any atom is -0.377 e. The third kappa shape index (κ3) is 4.65. The van der Waals surface area contributed by atoms with E-state index < -0.39 is 17.1 Å². The number of methoxy groups -OCH3 is 1. The summed E-state index contributed by atoms with van der Waals surface area (Å²) in [6.45, 7) is 1.84. The fourth-order valence-corrected chi connectivity index (χ4v) is 3.12. The number of benzene rings is 1. The van der Waals surface area contributed by atoms with Crippen LogP contribution in [0.3, 0.4) is 0 Å². The summed E-state index contributed by atoms with van der Waals surface area (Å²) in [5.41, 5.74) is 0.416. The van der Waals surface area contributed by atoms with Gasteiger partial charge in [-0.1, -0.05) is 24.3 Å². The van der Waals surface area contributed by atoms with Crippen LogP contribution in [0.2, 0.25) is 0 Å². The Balaban J connectivity index is 2.14. The minimum atomic E-state index is -0.653. The Morgan fingerprint density at radius 2 is 2.07 bits per heavy atom. The van der Waals surface area contributed by atoms with Gasteiger partial charge in [0.1, 0.15) is 11.6 Å². The summed E-state index contributed by atoms with van der Waals surface area (Å²) in [4.78, 5) is 31.9. The van der Waals surface area contributed by atoms with Crippen molar-refractivity contribution < 1.29 is 9.13 Å². The van der Waals surface area contributed by atoms with E-state index >= 15 is 0 Å². The van der Waals surface area contributed by atoms with Gasteiger partial charge in [-0.2, -0.15) is 0 Å². The van der Waals surface area contributed by atoms with Crippen molar-refractivity contribution in [1.82, 2.24) is 14.0 Å². The van der Waals surface area contributed by atoms with Crippen LogP contribution in [0.15, 0.2) is 62.6 Å². The van der Waals surface area contributed by atoms with Crippen molar-refractivity contribution in [3.63, 3.8) is 0 Å². The van der Waals surface area contributed by atoms with Crippen LogP contribution >= 0.6 is 0 Å². The highest BCUT2D eigenvalue weighted by molar-refractivity contribution is 5.60. The van der Waals surface area contributed by atoms with Gasteiger partial charge < -0.3 is 9.64 Å². The van der Waals surface area contributed by atoms with E-state index in [0.717, 1.165) is 20.3 Å². The number of halogens is 1. The molecule has 0 saturated heterocycles. The Morgan fingerprint density at radius 3 is 2.67 bits per heavy atom. The van der Waals surface area contributed by atoms with E-state index in [-0.39, 0.29) is 24.2 Å². The Labute approximate surface area is 174 Å². The van der Waals surface area contributed by atoms with Gasteiger partial charge in [-0.25, -0.2) is 18.7 Å². The van der Waals surface area contributed by atoms with E-state index in [0.29, 0.717) is 6.42 Å². The van der Waals surface area contributed by atoms with Gasteiger partial charge in [0, 0.05) is 27.3 Å². The second-order valence-corrected chi connectivity index (χ2v) is 7.36. The molecule has 1 heterocycles. The predicted octanol–water partition coefficient (Wildman–Crippen LogP) is 2.57. The van der Waals surface area contributed by atoms with Crippen LogP contribution in [-0.4, -0.2) is 47.7 Å². The predicted molar refractivity (Wildman–Crippen MR) is 115 cm³/mol. The molecule has 1 aliphatic rings. The summed E-state index contributed by atoms with van der Waals surface area (Å²) in [5.74, 6) is -0.506.